The Morgan fingerprint density at radius 2 is 2.10 bits per heavy atom. The fraction of sp³-hybridized carbons (Fsp3) is 0.429. The van der Waals surface area contributed by atoms with Crippen LogP contribution in [0.5, 0.6) is 0 Å². The fourth-order valence-corrected chi connectivity index (χ4v) is 6.65. The van der Waals surface area contributed by atoms with Crippen molar-refractivity contribution in [3.63, 3.8) is 0 Å². The molecule has 3 aliphatic rings. The van der Waals surface area contributed by atoms with Crippen molar-refractivity contribution in [2.24, 2.45) is 0 Å². The first-order chi connectivity index (χ1) is 14.5. The lowest BCUT2D eigenvalue weighted by molar-refractivity contribution is -0.0385. The second kappa shape index (κ2) is 6.80. The number of thiophene rings is 1. The van der Waals surface area contributed by atoms with E-state index in [2.05, 4.69) is 75.6 Å². The highest BCUT2D eigenvalue weighted by molar-refractivity contribution is 7.98. The van der Waals surface area contributed by atoms with Crippen LogP contribution in [0.15, 0.2) is 35.5 Å². The number of thioether (sulfide) groups is 1. The van der Waals surface area contributed by atoms with E-state index in [0.29, 0.717) is 6.61 Å². The van der Waals surface area contributed by atoms with Crippen molar-refractivity contribution in [3.8, 4) is 5.00 Å². The molecule has 0 aliphatic carbocycles. The number of hydrogen-bond donors (Lipinski definition) is 2. The number of ether oxygens (including phenoxy) is 1. The minimum atomic E-state index is -0.150. The molecule has 2 unspecified atom stereocenters. The first-order valence-corrected chi connectivity index (χ1v) is 12.0. The van der Waals surface area contributed by atoms with E-state index in [-0.39, 0.29) is 17.9 Å². The summed E-state index contributed by atoms with van der Waals surface area (Å²) in [7, 11) is 0. The summed E-state index contributed by atoms with van der Waals surface area (Å²) in [6, 6.07) is 10.5. The van der Waals surface area contributed by atoms with Crippen LogP contribution in [0.2, 0.25) is 0 Å². The number of hydrazine groups is 1. The van der Waals surface area contributed by atoms with Crippen molar-refractivity contribution in [1.29, 1.82) is 0 Å². The van der Waals surface area contributed by atoms with Gasteiger partial charge in [0.15, 0.2) is 5.16 Å². The molecule has 1 fully saturated rings. The van der Waals surface area contributed by atoms with E-state index in [1.165, 1.54) is 26.6 Å². The molecule has 2 N–H and O–H groups in total. The zero-order valence-electron chi connectivity index (χ0n) is 17.2. The molecule has 30 heavy (non-hydrogen) atoms. The predicted molar refractivity (Wildman–Crippen MR) is 119 cm³/mol. The first kappa shape index (κ1) is 18.8. The summed E-state index contributed by atoms with van der Waals surface area (Å²) >= 11 is 3.55. The van der Waals surface area contributed by atoms with Gasteiger partial charge < -0.3 is 4.74 Å². The van der Waals surface area contributed by atoms with Crippen molar-refractivity contribution in [1.82, 2.24) is 25.5 Å². The quantitative estimate of drug-likeness (QED) is 0.601. The molecule has 3 aromatic rings. The molecule has 156 valence electrons. The highest BCUT2D eigenvalue weighted by Crippen LogP contribution is 2.49. The van der Waals surface area contributed by atoms with Crippen LogP contribution in [0.1, 0.15) is 48.5 Å². The summed E-state index contributed by atoms with van der Waals surface area (Å²) in [4.78, 5) is 1.32. The number of nitrogens with one attached hydrogen (secondary N) is 2. The maximum Gasteiger partial charge on any atom is 0.249 e. The monoisotopic (exact) mass is 440 g/mol. The number of fused-ring (bicyclic) bond motifs is 8. The SMILES string of the molecule is CC1NC2c3c(sc4c3CC(C)(C)OC4)-n3c(SCc4ccccc4)nnc3N2N1. The molecule has 5 heterocycles. The van der Waals surface area contributed by atoms with E-state index < -0.39 is 0 Å². The van der Waals surface area contributed by atoms with Crippen LogP contribution in [-0.4, -0.2) is 26.5 Å². The number of hydrogen-bond acceptors (Lipinski definition) is 8. The van der Waals surface area contributed by atoms with Crippen molar-refractivity contribution in [2.45, 2.75) is 62.6 Å². The highest BCUT2D eigenvalue weighted by atomic mass is 32.2. The molecule has 2 aromatic heterocycles. The van der Waals surface area contributed by atoms with Gasteiger partial charge in [-0.15, -0.1) is 21.5 Å². The summed E-state index contributed by atoms with van der Waals surface area (Å²) in [5, 5.41) is 17.1. The molecule has 0 bridgehead atoms. The third-order valence-corrected chi connectivity index (χ3v) is 8.03. The molecule has 0 saturated carbocycles. The zero-order chi connectivity index (χ0) is 20.5. The van der Waals surface area contributed by atoms with Gasteiger partial charge in [0.2, 0.25) is 5.95 Å². The Labute approximate surface area is 183 Å². The number of aromatic nitrogens is 3. The molecule has 7 nitrogen and oxygen atoms in total. The minimum absolute atomic E-state index is 0.0626. The van der Waals surface area contributed by atoms with Crippen molar-refractivity contribution < 1.29 is 4.74 Å². The standard InChI is InChI=1S/C21H24N6OS2/c1-12-22-17-16-14-9-21(2,3)28-10-15(14)30-18(16)26-19(27(17)25-12)23-24-20(26)29-11-13-7-5-4-6-8-13/h4-8,12,17,22,25H,9-11H2,1-3H3. The molecule has 0 radical (unpaired) electrons. The largest absolute Gasteiger partial charge is 0.370 e. The smallest absolute Gasteiger partial charge is 0.249 e. The summed E-state index contributed by atoms with van der Waals surface area (Å²) < 4.78 is 8.35. The van der Waals surface area contributed by atoms with Gasteiger partial charge in [0.05, 0.1) is 18.4 Å². The molecule has 0 spiro atoms. The van der Waals surface area contributed by atoms with E-state index in [0.717, 1.165) is 23.3 Å². The topological polar surface area (TPSA) is 67.2 Å². The first-order valence-electron chi connectivity index (χ1n) is 10.2. The van der Waals surface area contributed by atoms with Gasteiger partial charge in [-0.25, -0.2) is 9.99 Å². The van der Waals surface area contributed by atoms with E-state index in [1.807, 2.05) is 17.4 Å². The molecule has 6 rings (SSSR count). The lowest BCUT2D eigenvalue weighted by Crippen LogP contribution is -2.40. The Bertz CT molecular complexity index is 1110. The number of benzene rings is 1. The van der Waals surface area contributed by atoms with Gasteiger partial charge in [-0.3, -0.25) is 10.3 Å². The Kier molecular flexibility index (Phi) is 4.26. The maximum atomic E-state index is 6.12. The van der Waals surface area contributed by atoms with Crippen LogP contribution < -0.4 is 15.8 Å². The maximum absolute atomic E-state index is 6.12. The second-order valence-corrected chi connectivity index (χ2v) is 10.7. The molecule has 3 aliphatic heterocycles. The van der Waals surface area contributed by atoms with E-state index in [9.17, 15) is 0 Å². The van der Waals surface area contributed by atoms with Gasteiger partial charge in [0.25, 0.3) is 0 Å². The van der Waals surface area contributed by atoms with Gasteiger partial charge in [0, 0.05) is 22.6 Å². The Morgan fingerprint density at radius 3 is 2.93 bits per heavy atom. The van der Waals surface area contributed by atoms with Crippen molar-refractivity contribution in [3.05, 3.63) is 51.9 Å². The Morgan fingerprint density at radius 1 is 1.27 bits per heavy atom. The molecule has 2 atom stereocenters. The third kappa shape index (κ3) is 2.91. The lowest BCUT2D eigenvalue weighted by atomic mass is 9.92. The number of nitrogens with zero attached hydrogens (tertiary/aromatic N) is 4. The summed E-state index contributed by atoms with van der Waals surface area (Å²) in [6.45, 7) is 7.15. The Balaban J connectivity index is 1.45. The minimum Gasteiger partial charge on any atom is -0.370 e. The fourth-order valence-electron chi connectivity index (χ4n) is 4.44. The molecule has 1 saturated heterocycles. The molecule has 0 amide bonds. The van der Waals surface area contributed by atoms with E-state index >= 15 is 0 Å². The van der Waals surface area contributed by atoms with Crippen LogP contribution >= 0.6 is 23.1 Å². The van der Waals surface area contributed by atoms with Crippen LogP contribution in [0.3, 0.4) is 0 Å². The van der Waals surface area contributed by atoms with Gasteiger partial charge in [-0.1, -0.05) is 42.1 Å². The number of anilines is 1. The number of rotatable bonds is 3. The molecular formula is C21H24N6OS2. The molecule has 9 heteroatoms. The summed E-state index contributed by atoms with van der Waals surface area (Å²) in [5.41, 5.74) is 7.42. The average Bonchev–Trinajstić information content (AvgIpc) is 3.40. The van der Waals surface area contributed by atoms with Gasteiger partial charge in [0.1, 0.15) is 11.2 Å². The normalized spacial score (nSPS) is 23.6. The highest BCUT2D eigenvalue weighted by Gasteiger charge is 2.45. The van der Waals surface area contributed by atoms with Crippen molar-refractivity contribution >= 4 is 29.0 Å². The van der Waals surface area contributed by atoms with Crippen LogP contribution in [-0.2, 0) is 23.5 Å². The average molecular weight is 441 g/mol. The molecular weight excluding hydrogens is 416 g/mol. The summed E-state index contributed by atoms with van der Waals surface area (Å²) in [5.74, 6) is 1.71. The van der Waals surface area contributed by atoms with E-state index in [4.69, 9.17) is 4.74 Å². The zero-order valence-corrected chi connectivity index (χ0v) is 18.8. The Hall–Kier alpha value is -1.91. The van der Waals surface area contributed by atoms with Crippen LogP contribution in [0.25, 0.3) is 5.00 Å². The second-order valence-electron chi connectivity index (χ2n) is 8.63. The summed E-state index contributed by atoms with van der Waals surface area (Å²) in [6.07, 6.45) is 1.14. The molecule has 1 aromatic carbocycles. The van der Waals surface area contributed by atoms with Crippen molar-refractivity contribution in [2.75, 3.05) is 5.01 Å². The third-order valence-electron chi connectivity index (χ3n) is 5.83. The van der Waals surface area contributed by atoms with Gasteiger partial charge >= 0.3 is 0 Å². The van der Waals surface area contributed by atoms with Crippen LogP contribution in [0.4, 0.5) is 5.95 Å². The van der Waals surface area contributed by atoms with Crippen LogP contribution in [0, 0.1) is 0 Å². The van der Waals surface area contributed by atoms with Gasteiger partial charge in [-0.2, -0.15) is 0 Å². The van der Waals surface area contributed by atoms with Gasteiger partial charge in [-0.05, 0) is 31.9 Å². The lowest BCUT2D eigenvalue weighted by Gasteiger charge is -2.34. The van der Waals surface area contributed by atoms with E-state index in [1.54, 1.807) is 11.8 Å². The predicted octanol–water partition coefficient (Wildman–Crippen LogP) is 3.74.